The van der Waals surface area contributed by atoms with Gasteiger partial charge in [-0.15, -0.1) is 0 Å². The minimum atomic E-state index is -0.396. The van der Waals surface area contributed by atoms with Gasteiger partial charge in [0, 0.05) is 50.3 Å². The summed E-state index contributed by atoms with van der Waals surface area (Å²) in [6.45, 7) is 6.35. The highest BCUT2D eigenvalue weighted by atomic mass is 32.2. The molecule has 4 rings (SSSR count). The van der Waals surface area contributed by atoms with E-state index in [2.05, 4.69) is 17.0 Å². The fourth-order valence-corrected chi connectivity index (χ4v) is 4.73. The predicted octanol–water partition coefficient (Wildman–Crippen LogP) is 3.03. The molecule has 2 aliphatic heterocycles. The molecule has 0 bridgehead atoms. The fraction of sp³-hybridized carbons (Fsp3) is 0.348. The Hall–Kier alpha value is -3.00. The molecule has 1 aromatic carbocycles. The lowest BCUT2D eigenvalue weighted by atomic mass is 10.2. The molecule has 1 aromatic heterocycles. The van der Waals surface area contributed by atoms with Gasteiger partial charge in [-0.1, -0.05) is 18.2 Å². The van der Waals surface area contributed by atoms with Crippen molar-refractivity contribution in [2.75, 3.05) is 37.6 Å². The maximum atomic E-state index is 12.8. The SMILES string of the molecule is Cc1cc(/C=C2/SC(=O)N(CC(=O)N3CCN(c4ccccc4)CC3)C2=O)c(C)n1C. The average molecular weight is 439 g/mol. The number of amides is 3. The van der Waals surface area contributed by atoms with Crippen LogP contribution in [0.15, 0.2) is 41.3 Å². The van der Waals surface area contributed by atoms with Crippen LogP contribution in [0.4, 0.5) is 10.5 Å². The molecule has 0 aliphatic carbocycles. The van der Waals surface area contributed by atoms with Crippen molar-refractivity contribution < 1.29 is 14.4 Å². The number of piperazine rings is 1. The van der Waals surface area contributed by atoms with Crippen LogP contribution in [0, 0.1) is 13.8 Å². The summed E-state index contributed by atoms with van der Waals surface area (Å²) >= 11 is 0.897. The van der Waals surface area contributed by atoms with Crippen molar-refractivity contribution in [2.45, 2.75) is 13.8 Å². The van der Waals surface area contributed by atoms with Crippen molar-refractivity contribution in [1.82, 2.24) is 14.4 Å². The molecule has 162 valence electrons. The third kappa shape index (κ3) is 4.25. The van der Waals surface area contributed by atoms with Gasteiger partial charge >= 0.3 is 0 Å². The Kier molecular flexibility index (Phi) is 5.91. The summed E-state index contributed by atoms with van der Waals surface area (Å²) < 4.78 is 2.04. The molecule has 0 spiro atoms. The smallest absolute Gasteiger partial charge is 0.294 e. The number of carbonyl (C=O) groups excluding carboxylic acids is 3. The van der Waals surface area contributed by atoms with Crippen molar-refractivity contribution in [1.29, 1.82) is 0 Å². The van der Waals surface area contributed by atoms with Crippen LogP contribution < -0.4 is 4.90 Å². The zero-order valence-corrected chi connectivity index (χ0v) is 18.8. The van der Waals surface area contributed by atoms with Crippen LogP contribution in [0.5, 0.6) is 0 Å². The number of hydrogen-bond donors (Lipinski definition) is 0. The zero-order chi connectivity index (χ0) is 22.1. The van der Waals surface area contributed by atoms with Gasteiger partial charge in [-0.25, -0.2) is 0 Å². The summed E-state index contributed by atoms with van der Waals surface area (Å²) in [6.07, 6.45) is 1.75. The molecule has 0 unspecified atom stereocenters. The Balaban J connectivity index is 1.38. The molecule has 2 aliphatic rings. The Morgan fingerprint density at radius 3 is 2.35 bits per heavy atom. The topological polar surface area (TPSA) is 65.9 Å². The van der Waals surface area contributed by atoms with Gasteiger partial charge in [-0.2, -0.15) is 0 Å². The van der Waals surface area contributed by atoms with Crippen LogP contribution >= 0.6 is 11.8 Å². The van der Waals surface area contributed by atoms with E-state index in [4.69, 9.17) is 0 Å². The first-order valence-electron chi connectivity index (χ1n) is 10.3. The highest BCUT2D eigenvalue weighted by molar-refractivity contribution is 8.18. The van der Waals surface area contributed by atoms with Crippen LogP contribution in [-0.2, 0) is 16.6 Å². The molecular weight excluding hydrogens is 412 g/mol. The number of rotatable bonds is 4. The molecule has 8 heteroatoms. The largest absolute Gasteiger partial charge is 0.368 e. The maximum absolute atomic E-state index is 12.8. The number of imide groups is 1. The van der Waals surface area contributed by atoms with E-state index in [1.54, 1.807) is 11.0 Å². The third-order valence-corrected chi connectivity index (χ3v) is 6.93. The van der Waals surface area contributed by atoms with Crippen LogP contribution in [0.2, 0.25) is 0 Å². The summed E-state index contributed by atoms with van der Waals surface area (Å²) in [5.41, 5.74) is 4.15. The molecule has 2 saturated heterocycles. The zero-order valence-electron chi connectivity index (χ0n) is 18.0. The van der Waals surface area contributed by atoms with E-state index in [0.717, 1.165) is 52.4 Å². The number of para-hydroxylation sites is 1. The number of carbonyl (C=O) groups is 3. The number of aromatic nitrogens is 1. The monoisotopic (exact) mass is 438 g/mol. The second-order valence-electron chi connectivity index (χ2n) is 7.86. The molecule has 0 saturated carbocycles. The highest BCUT2D eigenvalue weighted by Gasteiger charge is 2.37. The van der Waals surface area contributed by atoms with Crippen molar-refractivity contribution >= 4 is 40.6 Å². The van der Waals surface area contributed by atoms with Crippen molar-refractivity contribution in [3.63, 3.8) is 0 Å². The minimum Gasteiger partial charge on any atom is -0.368 e. The summed E-state index contributed by atoms with van der Waals surface area (Å²) in [6, 6.07) is 12.1. The summed E-state index contributed by atoms with van der Waals surface area (Å²) in [4.78, 5) is 43.4. The summed E-state index contributed by atoms with van der Waals surface area (Å²) in [5.74, 6) is -0.588. The second-order valence-corrected chi connectivity index (χ2v) is 8.85. The lowest BCUT2D eigenvalue weighted by Crippen LogP contribution is -2.51. The molecular formula is C23H26N4O3S. The predicted molar refractivity (Wildman–Crippen MR) is 123 cm³/mol. The Morgan fingerprint density at radius 2 is 1.74 bits per heavy atom. The molecule has 0 radical (unpaired) electrons. The molecule has 0 atom stereocenters. The van der Waals surface area contributed by atoms with Gasteiger partial charge in [-0.05, 0) is 55.4 Å². The Morgan fingerprint density at radius 1 is 1.06 bits per heavy atom. The number of hydrogen-bond acceptors (Lipinski definition) is 5. The van der Waals surface area contributed by atoms with E-state index in [1.807, 2.05) is 49.7 Å². The van der Waals surface area contributed by atoms with E-state index in [0.29, 0.717) is 18.0 Å². The van der Waals surface area contributed by atoms with E-state index in [-0.39, 0.29) is 12.5 Å². The average Bonchev–Trinajstić information content (AvgIpc) is 3.18. The van der Waals surface area contributed by atoms with Crippen LogP contribution in [0.1, 0.15) is 17.0 Å². The molecule has 3 heterocycles. The first kappa shape index (κ1) is 21.2. The molecule has 0 N–H and O–H groups in total. The first-order chi connectivity index (χ1) is 14.8. The lowest BCUT2D eigenvalue weighted by Gasteiger charge is -2.36. The number of aryl methyl sites for hydroxylation is 1. The maximum Gasteiger partial charge on any atom is 0.294 e. The molecule has 2 fully saturated rings. The summed E-state index contributed by atoms with van der Waals surface area (Å²) in [5, 5.41) is -0.391. The molecule has 3 amide bonds. The van der Waals surface area contributed by atoms with E-state index < -0.39 is 11.1 Å². The second kappa shape index (κ2) is 8.63. The van der Waals surface area contributed by atoms with Gasteiger partial charge in [0.1, 0.15) is 6.54 Å². The quantitative estimate of drug-likeness (QED) is 0.687. The normalized spacial score (nSPS) is 18.4. The van der Waals surface area contributed by atoms with Gasteiger partial charge in [0.25, 0.3) is 11.1 Å². The minimum absolute atomic E-state index is 0.192. The molecule has 2 aromatic rings. The highest BCUT2D eigenvalue weighted by Crippen LogP contribution is 2.33. The van der Waals surface area contributed by atoms with Gasteiger partial charge in [0.2, 0.25) is 5.91 Å². The Labute approximate surface area is 186 Å². The van der Waals surface area contributed by atoms with E-state index in [9.17, 15) is 14.4 Å². The number of anilines is 1. The molecule has 7 nitrogen and oxygen atoms in total. The number of benzene rings is 1. The van der Waals surface area contributed by atoms with Crippen molar-refractivity contribution in [3.05, 3.63) is 58.3 Å². The van der Waals surface area contributed by atoms with Crippen LogP contribution in [-0.4, -0.2) is 64.1 Å². The fourth-order valence-electron chi connectivity index (χ4n) is 3.90. The van der Waals surface area contributed by atoms with Crippen LogP contribution in [0.25, 0.3) is 6.08 Å². The van der Waals surface area contributed by atoms with Gasteiger partial charge in [0.15, 0.2) is 0 Å². The Bertz CT molecular complexity index is 1050. The van der Waals surface area contributed by atoms with Gasteiger partial charge < -0.3 is 14.4 Å². The number of nitrogens with zero attached hydrogens (tertiary/aromatic N) is 4. The standard InChI is InChI=1S/C23H26N4O3S/c1-16-13-18(17(2)24(16)3)14-20-22(29)27(23(30)31-20)15-21(28)26-11-9-25(10-12-26)19-7-5-4-6-8-19/h4-8,13-14H,9-12,15H2,1-3H3/b20-14+. The van der Waals surface area contributed by atoms with Crippen molar-refractivity contribution in [3.8, 4) is 0 Å². The van der Waals surface area contributed by atoms with E-state index >= 15 is 0 Å². The third-order valence-electron chi connectivity index (χ3n) is 6.02. The molecule has 31 heavy (non-hydrogen) atoms. The van der Waals surface area contributed by atoms with Crippen LogP contribution in [0.3, 0.4) is 0 Å². The van der Waals surface area contributed by atoms with Gasteiger partial charge in [0.05, 0.1) is 4.91 Å². The van der Waals surface area contributed by atoms with E-state index in [1.165, 1.54) is 0 Å². The number of thioether (sulfide) groups is 1. The summed E-state index contributed by atoms with van der Waals surface area (Å²) in [7, 11) is 1.96. The lowest BCUT2D eigenvalue weighted by molar-refractivity contribution is -0.136. The van der Waals surface area contributed by atoms with Crippen molar-refractivity contribution in [2.24, 2.45) is 7.05 Å². The van der Waals surface area contributed by atoms with Gasteiger partial charge in [-0.3, -0.25) is 19.3 Å². The first-order valence-corrected chi connectivity index (χ1v) is 11.1.